The van der Waals surface area contributed by atoms with Gasteiger partial charge in [-0.05, 0) is 29.5 Å². The van der Waals surface area contributed by atoms with Gasteiger partial charge in [0.05, 0.1) is 5.56 Å². The second-order valence-electron chi connectivity index (χ2n) is 4.11. The third kappa shape index (κ3) is 2.90. The van der Waals surface area contributed by atoms with Crippen LogP contribution in [0.4, 0.5) is 0 Å². The van der Waals surface area contributed by atoms with E-state index >= 15 is 0 Å². The molecule has 0 unspecified atom stereocenters. The maximum absolute atomic E-state index is 11.9. The van der Waals surface area contributed by atoms with Crippen LogP contribution in [0.5, 0.6) is 0 Å². The Kier molecular flexibility index (Phi) is 4.43. The van der Waals surface area contributed by atoms with E-state index in [1.165, 1.54) is 25.6 Å². The lowest BCUT2D eigenvalue weighted by atomic mass is 10.2. The Morgan fingerprint density at radius 1 is 1.59 bits per heavy atom. The highest BCUT2D eigenvalue weighted by molar-refractivity contribution is 5.84. The van der Waals surface area contributed by atoms with E-state index in [0.717, 1.165) is 9.36 Å². The minimum atomic E-state index is -0.435. The summed E-state index contributed by atoms with van der Waals surface area (Å²) in [6.45, 7) is 1.63. The minimum absolute atomic E-state index is 0.0258. The van der Waals surface area contributed by atoms with Crippen molar-refractivity contribution in [3.05, 3.63) is 40.3 Å². The number of aryl methyl sites for hydroxylation is 1. The quantitative estimate of drug-likeness (QED) is 0.461. The molecule has 0 radical (unpaired) electrons. The molecular formula is C13H14N6O3. The zero-order chi connectivity index (χ0) is 16.1. The average Bonchev–Trinajstić information content (AvgIpc) is 3.02. The van der Waals surface area contributed by atoms with Gasteiger partial charge >= 0.3 is 5.69 Å². The van der Waals surface area contributed by atoms with Gasteiger partial charge in [0.25, 0.3) is 0 Å². The molecule has 9 nitrogen and oxygen atoms in total. The molecule has 2 heterocycles. The van der Waals surface area contributed by atoms with E-state index in [1.807, 2.05) is 0 Å². The summed E-state index contributed by atoms with van der Waals surface area (Å²) in [4.78, 5) is 11.9. The Bertz CT molecular complexity index is 830. The van der Waals surface area contributed by atoms with E-state index in [-0.39, 0.29) is 12.5 Å². The minimum Gasteiger partial charge on any atom is -0.473 e. The van der Waals surface area contributed by atoms with Gasteiger partial charge < -0.3 is 14.9 Å². The first-order valence-electron chi connectivity index (χ1n) is 6.20. The van der Waals surface area contributed by atoms with Gasteiger partial charge in [0.1, 0.15) is 18.6 Å². The molecular weight excluding hydrogens is 288 g/mol. The van der Waals surface area contributed by atoms with Crippen LogP contribution in [0.2, 0.25) is 0 Å². The Balaban J connectivity index is 2.42. The van der Waals surface area contributed by atoms with Gasteiger partial charge in [-0.2, -0.15) is 9.36 Å². The van der Waals surface area contributed by atoms with Crippen molar-refractivity contribution in [1.82, 2.24) is 19.8 Å². The summed E-state index contributed by atoms with van der Waals surface area (Å²) in [5.74, 6) is 5.68. The molecule has 2 rings (SSSR count). The van der Waals surface area contributed by atoms with Crippen molar-refractivity contribution in [3.63, 3.8) is 0 Å². The van der Waals surface area contributed by atoms with Crippen LogP contribution in [0, 0.1) is 17.3 Å². The first kappa shape index (κ1) is 15.1. The number of nitrogens with one attached hydrogen (secondary N) is 1. The molecule has 0 aliphatic carbocycles. The van der Waals surface area contributed by atoms with Crippen molar-refractivity contribution in [2.75, 3.05) is 0 Å². The van der Waals surface area contributed by atoms with Gasteiger partial charge in [0.2, 0.25) is 5.90 Å². The Morgan fingerprint density at radius 3 is 2.95 bits per heavy atom. The maximum Gasteiger partial charge on any atom is 0.368 e. The molecule has 0 atom stereocenters. The molecule has 2 aromatic heterocycles. The van der Waals surface area contributed by atoms with Gasteiger partial charge in [0.15, 0.2) is 5.76 Å². The van der Waals surface area contributed by atoms with Crippen LogP contribution in [0.1, 0.15) is 18.2 Å². The predicted molar refractivity (Wildman–Crippen MR) is 77.3 cm³/mol. The Hall–Kier alpha value is -3.28. The molecule has 2 aromatic rings. The molecule has 114 valence electrons. The molecule has 0 amide bonds. The highest BCUT2D eigenvalue weighted by Crippen LogP contribution is 2.20. The number of ether oxygens (including phenoxy) is 1. The molecule has 0 saturated carbocycles. The monoisotopic (exact) mass is 302 g/mol. The molecule has 9 heteroatoms. The lowest BCUT2D eigenvalue weighted by Crippen LogP contribution is -2.22. The fraction of sp³-hybridized carbons (Fsp3) is 0.231. The summed E-state index contributed by atoms with van der Waals surface area (Å²) in [7, 11) is 1.48. The highest BCUT2D eigenvalue weighted by atomic mass is 16.5. The van der Waals surface area contributed by atoms with Crippen LogP contribution in [0.25, 0.3) is 5.69 Å². The molecule has 0 bridgehead atoms. The Labute approximate surface area is 125 Å². The molecule has 0 aromatic carbocycles. The van der Waals surface area contributed by atoms with E-state index in [1.54, 1.807) is 6.92 Å². The summed E-state index contributed by atoms with van der Waals surface area (Å²) in [6.07, 6.45) is 3.83. The second-order valence-corrected chi connectivity index (χ2v) is 4.11. The molecule has 22 heavy (non-hydrogen) atoms. The third-order valence-corrected chi connectivity index (χ3v) is 2.68. The topological polar surface area (TPSA) is 125 Å². The number of tetrazole rings is 1. The fourth-order valence-corrected chi connectivity index (χ4v) is 1.66. The van der Waals surface area contributed by atoms with Crippen LogP contribution < -0.4 is 11.4 Å². The van der Waals surface area contributed by atoms with Crippen molar-refractivity contribution in [3.8, 4) is 17.5 Å². The largest absolute Gasteiger partial charge is 0.473 e. The van der Waals surface area contributed by atoms with Crippen molar-refractivity contribution in [1.29, 1.82) is 5.41 Å². The first-order valence-corrected chi connectivity index (χ1v) is 6.20. The molecule has 0 fully saturated rings. The van der Waals surface area contributed by atoms with E-state index in [0.29, 0.717) is 17.0 Å². The molecule has 0 aliphatic rings. The molecule has 0 spiro atoms. The smallest absolute Gasteiger partial charge is 0.368 e. The summed E-state index contributed by atoms with van der Waals surface area (Å²) >= 11 is 0. The van der Waals surface area contributed by atoms with Gasteiger partial charge in [-0.1, -0.05) is 5.92 Å². The molecule has 3 N–H and O–H groups in total. The summed E-state index contributed by atoms with van der Waals surface area (Å²) in [6, 6.07) is 0. The van der Waals surface area contributed by atoms with Crippen molar-refractivity contribution in [2.24, 2.45) is 12.8 Å². The van der Waals surface area contributed by atoms with Crippen molar-refractivity contribution < 1.29 is 9.15 Å². The zero-order valence-corrected chi connectivity index (χ0v) is 12.0. The summed E-state index contributed by atoms with van der Waals surface area (Å²) in [5.41, 5.74) is 5.61. The van der Waals surface area contributed by atoms with Crippen LogP contribution >= 0.6 is 0 Å². The maximum atomic E-state index is 11.9. The number of nitrogens with zero attached hydrogens (tertiary/aromatic N) is 4. The molecule has 0 saturated heterocycles. The van der Waals surface area contributed by atoms with Crippen LogP contribution in [-0.4, -0.2) is 25.7 Å². The number of nitrogens with two attached hydrogens (primary N) is 1. The normalized spacial score (nSPS) is 10.5. The molecule has 0 aliphatic heterocycles. The van der Waals surface area contributed by atoms with E-state index in [4.69, 9.17) is 20.3 Å². The van der Waals surface area contributed by atoms with Gasteiger partial charge in [0, 0.05) is 13.1 Å². The van der Waals surface area contributed by atoms with Crippen molar-refractivity contribution in [2.45, 2.75) is 13.5 Å². The number of hydrogen-bond acceptors (Lipinski definition) is 7. The second kappa shape index (κ2) is 6.45. The lowest BCUT2D eigenvalue weighted by Gasteiger charge is -2.04. The standard InChI is InChI=1S/C13H14N6O3/c1-3-4-11-9(7-22-12(15)5-6-14)10(8-21-11)19-13(20)18(2)16-17-19/h5-6,8,15H,7,14H2,1-2H3/b6-5-,15-12?. The van der Waals surface area contributed by atoms with Crippen LogP contribution in [-0.2, 0) is 18.4 Å². The number of rotatable bonds is 4. The van der Waals surface area contributed by atoms with Gasteiger partial charge in [-0.3, -0.25) is 5.41 Å². The lowest BCUT2D eigenvalue weighted by molar-refractivity contribution is 0.290. The first-order chi connectivity index (χ1) is 10.6. The van der Waals surface area contributed by atoms with Gasteiger partial charge in [-0.25, -0.2) is 4.79 Å². The zero-order valence-electron chi connectivity index (χ0n) is 12.0. The SMILES string of the molecule is CC#Cc1occ(-n2nnn(C)c2=O)c1COC(=N)/C=C\N. The van der Waals surface area contributed by atoms with E-state index in [9.17, 15) is 4.79 Å². The summed E-state index contributed by atoms with van der Waals surface area (Å²) < 4.78 is 12.7. The Morgan fingerprint density at radius 2 is 2.36 bits per heavy atom. The predicted octanol–water partition coefficient (Wildman–Crippen LogP) is -0.103. The average molecular weight is 302 g/mol. The van der Waals surface area contributed by atoms with E-state index < -0.39 is 5.69 Å². The number of furan rings is 1. The van der Waals surface area contributed by atoms with Crippen LogP contribution in [0.15, 0.2) is 27.8 Å². The fourth-order valence-electron chi connectivity index (χ4n) is 1.66. The number of hydrogen-bond donors (Lipinski definition) is 2. The third-order valence-electron chi connectivity index (χ3n) is 2.68. The van der Waals surface area contributed by atoms with E-state index in [2.05, 4.69) is 22.3 Å². The number of aromatic nitrogens is 4. The van der Waals surface area contributed by atoms with Gasteiger partial charge in [-0.15, -0.1) is 0 Å². The summed E-state index contributed by atoms with van der Waals surface area (Å²) in [5, 5.41) is 14.9. The highest BCUT2D eigenvalue weighted by Gasteiger charge is 2.18. The van der Waals surface area contributed by atoms with Crippen molar-refractivity contribution >= 4 is 5.90 Å². The van der Waals surface area contributed by atoms with Crippen LogP contribution in [0.3, 0.4) is 0 Å².